The van der Waals surface area contributed by atoms with Gasteiger partial charge in [0.25, 0.3) is 0 Å². The summed E-state index contributed by atoms with van der Waals surface area (Å²) < 4.78 is 13.6. The summed E-state index contributed by atoms with van der Waals surface area (Å²) in [7, 11) is 0. The van der Waals surface area contributed by atoms with E-state index in [4.69, 9.17) is 9.47 Å². The monoisotopic (exact) mass is 504 g/mol. The molecule has 0 amide bonds. The molecule has 0 aromatic rings. The number of likely N-dealkylation sites (tertiary alicyclic amines) is 2. The highest BCUT2D eigenvalue weighted by Gasteiger charge is 2.56. The largest absolute Gasteiger partial charge is 0.381 e. The average Bonchev–Trinajstić information content (AvgIpc) is 3.29. The lowest BCUT2D eigenvalue weighted by molar-refractivity contribution is -0.109. The number of ether oxygens (including phenoxy) is 2. The van der Waals surface area contributed by atoms with Crippen molar-refractivity contribution in [3.8, 4) is 0 Å². The lowest BCUT2D eigenvalue weighted by Crippen LogP contribution is -2.53. The van der Waals surface area contributed by atoms with Crippen molar-refractivity contribution in [1.29, 1.82) is 0 Å². The normalized spacial score (nSPS) is 32.6. The molecule has 3 atom stereocenters. The van der Waals surface area contributed by atoms with E-state index < -0.39 is 0 Å². The molecular formula is C32H60N2O2. The lowest BCUT2D eigenvalue weighted by atomic mass is 9.58. The number of nitrogens with zero attached hydrogens (tertiary/aromatic N) is 2. The highest BCUT2D eigenvalue weighted by atomic mass is 16.5. The van der Waals surface area contributed by atoms with E-state index in [0.29, 0.717) is 23.4 Å². The van der Waals surface area contributed by atoms with E-state index >= 15 is 0 Å². The third-order valence-electron chi connectivity index (χ3n) is 11.0. The molecule has 4 aliphatic heterocycles. The minimum atomic E-state index is 0.0857. The molecule has 0 N–H and O–H groups in total. The smallest absolute Gasteiger partial charge is 0.0714 e. The van der Waals surface area contributed by atoms with E-state index in [-0.39, 0.29) is 27.5 Å². The molecule has 4 rings (SSSR count). The van der Waals surface area contributed by atoms with E-state index in [1.54, 1.807) is 0 Å². The lowest BCUT2D eigenvalue weighted by Gasteiger charge is -2.51. The summed E-state index contributed by atoms with van der Waals surface area (Å²) in [5.41, 5.74) is 1.43. The van der Waals surface area contributed by atoms with Crippen LogP contribution < -0.4 is 0 Å². The van der Waals surface area contributed by atoms with Crippen molar-refractivity contribution >= 4 is 0 Å². The third kappa shape index (κ3) is 5.73. The van der Waals surface area contributed by atoms with Crippen LogP contribution in [0.3, 0.4) is 0 Å². The maximum atomic E-state index is 7.25. The minimum Gasteiger partial charge on any atom is -0.381 e. The van der Waals surface area contributed by atoms with Crippen molar-refractivity contribution in [3.63, 3.8) is 0 Å². The van der Waals surface area contributed by atoms with Crippen LogP contribution in [0.4, 0.5) is 0 Å². The number of hydrogen-bond donors (Lipinski definition) is 0. The van der Waals surface area contributed by atoms with Crippen molar-refractivity contribution < 1.29 is 9.47 Å². The number of rotatable bonds is 3. The molecule has 0 radical (unpaired) electrons. The summed E-state index contributed by atoms with van der Waals surface area (Å²) >= 11 is 0. The molecule has 0 aromatic heterocycles. The third-order valence-corrected chi connectivity index (χ3v) is 11.0. The second-order valence-electron chi connectivity index (χ2n) is 17.0. The van der Waals surface area contributed by atoms with Gasteiger partial charge in [-0.1, -0.05) is 34.6 Å². The first-order valence-electron chi connectivity index (χ1n) is 15.1. The van der Waals surface area contributed by atoms with E-state index in [1.807, 2.05) is 0 Å². The van der Waals surface area contributed by atoms with Gasteiger partial charge < -0.3 is 9.47 Å². The molecule has 3 unspecified atom stereocenters. The summed E-state index contributed by atoms with van der Waals surface area (Å²) in [5.74, 6) is 1.24. The van der Waals surface area contributed by atoms with E-state index in [1.165, 1.54) is 64.7 Å². The quantitative estimate of drug-likeness (QED) is 0.412. The first kappa shape index (κ1) is 28.8. The van der Waals surface area contributed by atoms with Gasteiger partial charge in [0.2, 0.25) is 0 Å². The molecule has 210 valence electrons. The second-order valence-corrected chi connectivity index (χ2v) is 17.0. The van der Waals surface area contributed by atoms with Crippen molar-refractivity contribution in [2.45, 2.75) is 137 Å². The van der Waals surface area contributed by atoms with Crippen LogP contribution in [0.5, 0.6) is 0 Å². The van der Waals surface area contributed by atoms with Gasteiger partial charge in [-0.25, -0.2) is 0 Å². The van der Waals surface area contributed by atoms with E-state index in [0.717, 1.165) is 13.2 Å². The van der Waals surface area contributed by atoms with Gasteiger partial charge in [0.05, 0.1) is 24.9 Å². The fourth-order valence-electron chi connectivity index (χ4n) is 8.43. The molecule has 0 saturated carbocycles. The fourth-order valence-corrected chi connectivity index (χ4v) is 8.43. The van der Waals surface area contributed by atoms with Gasteiger partial charge in [-0.15, -0.1) is 0 Å². The Bertz CT molecular complexity index is 752. The molecule has 4 fully saturated rings. The molecule has 4 aliphatic rings. The Morgan fingerprint density at radius 1 is 0.722 bits per heavy atom. The summed E-state index contributed by atoms with van der Waals surface area (Å²) in [5, 5.41) is 0. The van der Waals surface area contributed by atoms with E-state index in [9.17, 15) is 0 Å². The highest BCUT2D eigenvalue weighted by molar-refractivity contribution is 5.06. The molecule has 2 spiro atoms. The van der Waals surface area contributed by atoms with Crippen LogP contribution >= 0.6 is 0 Å². The molecule has 4 heteroatoms. The predicted octanol–water partition coefficient (Wildman–Crippen LogP) is 7.01. The first-order valence-corrected chi connectivity index (χ1v) is 15.1. The van der Waals surface area contributed by atoms with Crippen molar-refractivity contribution in [2.24, 2.45) is 28.1 Å². The first-order chi connectivity index (χ1) is 16.4. The zero-order chi connectivity index (χ0) is 26.8. The van der Waals surface area contributed by atoms with Crippen molar-refractivity contribution in [3.05, 3.63) is 0 Å². The maximum absolute atomic E-state index is 7.25. The van der Waals surface area contributed by atoms with E-state index in [2.05, 4.69) is 86.0 Å². The van der Waals surface area contributed by atoms with Crippen LogP contribution in [0, 0.1) is 28.1 Å². The SMILES string of the molecule is CC(C)(C)C1CC2(CCN(C(C)(C)C)CC2)OC1CC(C)(C)C1COCC12CCN(C(C)(C)C)CC2. The second kappa shape index (κ2) is 9.49. The Hall–Kier alpha value is -0.160. The molecule has 4 heterocycles. The van der Waals surface area contributed by atoms with Crippen LogP contribution in [-0.2, 0) is 9.47 Å². The average molecular weight is 505 g/mol. The Labute approximate surface area is 224 Å². The summed E-state index contributed by atoms with van der Waals surface area (Å²) in [6.07, 6.45) is 7.69. The number of hydrogen-bond acceptors (Lipinski definition) is 4. The van der Waals surface area contributed by atoms with Gasteiger partial charge in [0, 0.05) is 29.6 Å². The van der Waals surface area contributed by atoms with Crippen LogP contribution in [0.2, 0.25) is 0 Å². The van der Waals surface area contributed by atoms with Crippen LogP contribution in [-0.4, -0.2) is 72.0 Å². The Morgan fingerprint density at radius 2 is 1.22 bits per heavy atom. The molecule has 4 nitrogen and oxygen atoms in total. The standard InChI is InChI=1S/C32H60N2O2/c1-27(2,3)24-20-32(14-18-34(19-15-32)29(7,8)9)36-25(24)21-30(10,11)26-22-35-23-31(26)12-16-33(17-13-31)28(4,5)6/h24-26H,12-23H2,1-11H3. The summed E-state index contributed by atoms with van der Waals surface area (Å²) in [4.78, 5) is 5.35. The van der Waals surface area contributed by atoms with Crippen molar-refractivity contribution in [1.82, 2.24) is 9.80 Å². The highest BCUT2D eigenvalue weighted by Crippen LogP contribution is 2.57. The minimum absolute atomic E-state index is 0.0857. The number of piperidine rings is 2. The van der Waals surface area contributed by atoms with Crippen LogP contribution in [0.25, 0.3) is 0 Å². The summed E-state index contributed by atoms with van der Waals surface area (Å²) in [6, 6.07) is 0. The van der Waals surface area contributed by atoms with Gasteiger partial charge in [0.1, 0.15) is 0 Å². The van der Waals surface area contributed by atoms with Crippen molar-refractivity contribution in [2.75, 3.05) is 39.4 Å². The molecular weight excluding hydrogens is 444 g/mol. The zero-order valence-electron chi connectivity index (χ0n) is 25.9. The molecule has 0 aromatic carbocycles. The molecule has 0 bridgehead atoms. The molecule has 4 saturated heterocycles. The van der Waals surface area contributed by atoms with Gasteiger partial charge >= 0.3 is 0 Å². The Morgan fingerprint density at radius 3 is 1.69 bits per heavy atom. The van der Waals surface area contributed by atoms with Gasteiger partial charge in [-0.05, 0) is 116 Å². The Kier molecular flexibility index (Phi) is 7.60. The van der Waals surface area contributed by atoms with Crippen LogP contribution in [0.15, 0.2) is 0 Å². The van der Waals surface area contributed by atoms with Gasteiger partial charge in [-0.3, -0.25) is 9.80 Å². The topological polar surface area (TPSA) is 24.9 Å². The maximum Gasteiger partial charge on any atom is 0.0714 e. The predicted molar refractivity (Wildman–Crippen MR) is 151 cm³/mol. The molecule has 36 heavy (non-hydrogen) atoms. The fraction of sp³-hybridized carbons (Fsp3) is 1.00. The zero-order valence-corrected chi connectivity index (χ0v) is 25.9. The van der Waals surface area contributed by atoms with Gasteiger partial charge in [-0.2, -0.15) is 0 Å². The summed E-state index contributed by atoms with van der Waals surface area (Å²) in [6.45, 7) is 33.2. The molecule has 0 aliphatic carbocycles. The van der Waals surface area contributed by atoms with Gasteiger partial charge in [0.15, 0.2) is 0 Å². The Balaban J connectivity index is 1.48. The van der Waals surface area contributed by atoms with Crippen LogP contribution in [0.1, 0.15) is 115 Å².